The van der Waals surface area contributed by atoms with Crippen molar-refractivity contribution in [1.82, 2.24) is 10.2 Å². The first-order valence-electron chi connectivity index (χ1n) is 7.24. The molecular weight excluding hydrogens is 208 g/mol. The molecular formula is C15H32N2. The van der Waals surface area contributed by atoms with E-state index in [1.165, 1.54) is 32.6 Å². The number of nitrogens with one attached hydrogen (secondary N) is 1. The smallest absolute Gasteiger partial charge is 0.00224 e. The van der Waals surface area contributed by atoms with Crippen molar-refractivity contribution in [2.24, 2.45) is 17.3 Å². The molecule has 2 heteroatoms. The number of hydrogen-bond acceptors (Lipinski definition) is 2. The van der Waals surface area contributed by atoms with E-state index in [0.717, 1.165) is 11.8 Å². The van der Waals surface area contributed by atoms with Gasteiger partial charge in [0.1, 0.15) is 0 Å². The van der Waals surface area contributed by atoms with Crippen molar-refractivity contribution in [3.05, 3.63) is 0 Å². The minimum absolute atomic E-state index is 0.439. The van der Waals surface area contributed by atoms with Crippen LogP contribution in [0.15, 0.2) is 0 Å². The first-order chi connectivity index (χ1) is 7.79. The first kappa shape index (κ1) is 15.0. The molecule has 1 heterocycles. The SMILES string of the molecule is CC(C)NCC1CCN(CC(C)C(C)(C)C)C1. The molecule has 1 N–H and O–H groups in total. The minimum Gasteiger partial charge on any atom is -0.314 e. The first-order valence-corrected chi connectivity index (χ1v) is 7.24. The van der Waals surface area contributed by atoms with Gasteiger partial charge in [-0.2, -0.15) is 0 Å². The van der Waals surface area contributed by atoms with Crippen molar-refractivity contribution in [2.45, 2.75) is 54.0 Å². The van der Waals surface area contributed by atoms with E-state index in [9.17, 15) is 0 Å². The summed E-state index contributed by atoms with van der Waals surface area (Å²) < 4.78 is 0. The standard InChI is InChI=1S/C15H32N2/c1-12(2)16-9-14-7-8-17(11-14)10-13(3)15(4,5)6/h12-14,16H,7-11H2,1-6H3. The summed E-state index contributed by atoms with van der Waals surface area (Å²) in [5, 5.41) is 3.56. The molecule has 0 spiro atoms. The van der Waals surface area contributed by atoms with Crippen LogP contribution in [0.25, 0.3) is 0 Å². The Hall–Kier alpha value is -0.0800. The van der Waals surface area contributed by atoms with Gasteiger partial charge in [-0.15, -0.1) is 0 Å². The van der Waals surface area contributed by atoms with Crippen LogP contribution in [0.3, 0.4) is 0 Å². The molecule has 1 saturated heterocycles. The highest BCUT2D eigenvalue weighted by Crippen LogP contribution is 2.27. The maximum atomic E-state index is 3.56. The van der Waals surface area contributed by atoms with Crippen LogP contribution >= 0.6 is 0 Å². The summed E-state index contributed by atoms with van der Waals surface area (Å²) in [6.07, 6.45) is 1.37. The topological polar surface area (TPSA) is 15.3 Å². The third kappa shape index (κ3) is 5.39. The zero-order valence-corrected chi connectivity index (χ0v) is 12.7. The average Bonchev–Trinajstić information content (AvgIpc) is 2.61. The number of nitrogens with zero attached hydrogens (tertiary/aromatic N) is 1. The monoisotopic (exact) mass is 240 g/mol. The van der Waals surface area contributed by atoms with Crippen molar-refractivity contribution in [1.29, 1.82) is 0 Å². The summed E-state index contributed by atoms with van der Waals surface area (Å²) in [5.41, 5.74) is 0.439. The number of likely N-dealkylation sites (tertiary alicyclic amines) is 1. The van der Waals surface area contributed by atoms with Crippen LogP contribution in [0.2, 0.25) is 0 Å². The van der Waals surface area contributed by atoms with E-state index in [4.69, 9.17) is 0 Å². The highest BCUT2D eigenvalue weighted by Gasteiger charge is 2.27. The molecule has 1 aliphatic rings. The van der Waals surface area contributed by atoms with E-state index in [2.05, 4.69) is 51.8 Å². The van der Waals surface area contributed by atoms with E-state index in [-0.39, 0.29) is 0 Å². The highest BCUT2D eigenvalue weighted by atomic mass is 15.2. The van der Waals surface area contributed by atoms with Gasteiger partial charge in [-0.25, -0.2) is 0 Å². The van der Waals surface area contributed by atoms with Crippen LogP contribution in [-0.2, 0) is 0 Å². The maximum absolute atomic E-state index is 3.56. The molecule has 2 unspecified atom stereocenters. The molecule has 2 atom stereocenters. The fraction of sp³-hybridized carbons (Fsp3) is 1.00. The number of hydrogen-bond donors (Lipinski definition) is 1. The normalized spacial score (nSPS) is 24.5. The molecule has 17 heavy (non-hydrogen) atoms. The lowest BCUT2D eigenvalue weighted by molar-refractivity contribution is 0.179. The van der Waals surface area contributed by atoms with Crippen molar-refractivity contribution >= 4 is 0 Å². The Morgan fingerprint density at radius 2 is 1.88 bits per heavy atom. The Labute approximate surface area is 108 Å². The molecule has 1 fully saturated rings. The van der Waals surface area contributed by atoms with E-state index in [1.807, 2.05) is 0 Å². The molecule has 1 aliphatic heterocycles. The summed E-state index contributed by atoms with van der Waals surface area (Å²) in [4.78, 5) is 2.66. The van der Waals surface area contributed by atoms with Crippen LogP contribution < -0.4 is 5.32 Å². The fourth-order valence-corrected chi connectivity index (χ4v) is 2.31. The Bertz CT molecular complexity index is 217. The second kappa shape index (κ2) is 6.19. The van der Waals surface area contributed by atoms with Gasteiger partial charge in [-0.1, -0.05) is 41.5 Å². The van der Waals surface area contributed by atoms with Gasteiger partial charge in [0, 0.05) is 19.1 Å². The van der Waals surface area contributed by atoms with Crippen molar-refractivity contribution in [3.8, 4) is 0 Å². The van der Waals surface area contributed by atoms with E-state index in [0.29, 0.717) is 11.5 Å². The minimum atomic E-state index is 0.439. The molecule has 0 saturated carbocycles. The Kier molecular flexibility index (Phi) is 5.46. The predicted octanol–water partition coefficient (Wildman–Crippen LogP) is 2.99. The van der Waals surface area contributed by atoms with Crippen LogP contribution in [0, 0.1) is 17.3 Å². The van der Waals surface area contributed by atoms with Gasteiger partial charge >= 0.3 is 0 Å². The zero-order chi connectivity index (χ0) is 13.1. The predicted molar refractivity (Wildman–Crippen MR) is 76.3 cm³/mol. The Morgan fingerprint density at radius 3 is 2.41 bits per heavy atom. The van der Waals surface area contributed by atoms with Crippen LogP contribution in [0.1, 0.15) is 48.0 Å². The molecule has 0 aromatic carbocycles. The average molecular weight is 240 g/mol. The largest absolute Gasteiger partial charge is 0.314 e. The van der Waals surface area contributed by atoms with Gasteiger partial charge in [-0.05, 0) is 36.8 Å². The molecule has 102 valence electrons. The molecule has 0 radical (unpaired) electrons. The van der Waals surface area contributed by atoms with Crippen molar-refractivity contribution in [3.63, 3.8) is 0 Å². The van der Waals surface area contributed by atoms with Gasteiger partial charge in [0.05, 0.1) is 0 Å². The molecule has 0 amide bonds. The van der Waals surface area contributed by atoms with Gasteiger partial charge in [0.25, 0.3) is 0 Å². The van der Waals surface area contributed by atoms with Crippen LogP contribution in [-0.4, -0.2) is 37.1 Å². The Balaban J connectivity index is 2.26. The van der Waals surface area contributed by atoms with Crippen molar-refractivity contribution in [2.75, 3.05) is 26.2 Å². The molecule has 1 rings (SSSR count). The van der Waals surface area contributed by atoms with Gasteiger partial charge in [0.2, 0.25) is 0 Å². The Morgan fingerprint density at radius 1 is 1.24 bits per heavy atom. The fourth-order valence-electron chi connectivity index (χ4n) is 2.31. The summed E-state index contributed by atoms with van der Waals surface area (Å²) in [7, 11) is 0. The maximum Gasteiger partial charge on any atom is 0.00224 e. The molecule has 0 bridgehead atoms. The lowest BCUT2D eigenvalue weighted by Crippen LogP contribution is -2.34. The van der Waals surface area contributed by atoms with E-state index < -0.39 is 0 Å². The summed E-state index contributed by atoms with van der Waals surface area (Å²) in [6.45, 7) is 19.0. The molecule has 0 aromatic rings. The molecule has 0 aromatic heterocycles. The second-order valence-electron chi connectivity index (χ2n) is 7.24. The van der Waals surface area contributed by atoms with E-state index in [1.54, 1.807) is 0 Å². The van der Waals surface area contributed by atoms with Crippen molar-refractivity contribution < 1.29 is 0 Å². The summed E-state index contributed by atoms with van der Waals surface area (Å²) in [5.74, 6) is 1.64. The third-order valence-electron chi connectivity index (χ3n) is 4.20. The zero-order valence-electron chi connectivity index (χ0n) is 12.7. The van der Waals surface area contributed by atoms with E-state index >= 15 is 0 Å². The van der Waals surface area contributed by atoms with Gasteiger partial charge in [-0.3, -0.25) is 0 Å². The highest BCUT2D eigenvalue weighted by molar-refractivity contribution is 4.81. The van der Waals surface area contributed by atoms with Crippen LogP contribution in [0.4, 0.5) is 0 Å². The second-order valence-corrected chi connectivity index (χ2v) is 7.24. The third-order valence-corrected chi connectivity index (χ3v) is 4.20. The molecule has 0 aliphatic carbocycles. The quantitative estimate of drug-likeness (QED) is 0.795. The van der Waals surface area contributed by atoms with Crippen LogP contribution in [0.5, 0.6) is 0 Å². The molecule has 2 nitrogen and oxygen atoms in total. The van der Waals surface area contributed by atoms with Gasteiger partial charge < -0.3 is 10.2 Å². The number of rotatable bonds is 5. The summed E-state index contributed by atoms with van der Waals surface area (Å²) >= 11 is 0. The lowest BCUT2D eigenvalue weighted by atomic mass is 9.82. The summed E-state index contributed by atoms with van der Waals surface area (Å²) in [6, 6.07) is 0.623. The lowest BCUT2D eigenvalue weighted by Gasteiger charge is -2.31. The van der Waals surface area contributed by atoms with Gasteiger partial charge in [0.15, 0.2) is 0 Å².